The van der Waals surface area contributed by atoms with E-state index in [0.717, 1.165) is 12.1 Å². The Morgan fingerprint density at radius 2 is 2.00 bits per heavy atom. The molecule has 2 rings (SSSR count). The molecule has 1 unspecified atom stereocenters. The van der Waals surface area contributed by atoms with Gasteiger partial charge in [-0.25, -0.2) is 18.7 Å². The third kappa shape index (κ3) is 3.38. The van der Waals surface area contributed by atoms with E-state index < -0.39 is 17.0 Å². The predicted octanol–water partition coefficient (Wildman–Crippen LogP) is 3.29. The second kappa shape index (κ2) is 5.93. The summed E-state index contributed by atoms with van der Waals surface area (Å²) in [5.41, 5.74) is 1.16. The molecule has 0 aliphatic rings. The van der Waals surface area contributed by atoms with Gasteiger partial charge in [-0.15, -0.1) is 11.6 Å². The monoisotopic (exact) mass is 284 g/mol. The van der Waals surface area contributed by atoms with Crippen LogP contribution in [0.2, 0.25) is 0 Å². The van der Waals surface area contributed by atoms with Crippen molar-refractivity contribution in [1.82, 2.24) is 9.97 Å². The molecule has 100 valence electrons. The van der Waals surface area contributed by atoms with Crippen LogP contribution in [0.5, 0.6) is 5.88 Å². The first kappa shape index (κ1) is 13.7. The average Bonchev–Trinajstić information content (AvgIpc) is 2.42. The van der Waals surface area contributed by atoms with Gasteiger partial charge < -0.3 is 4.74 Å². The second-order valence-electron chi connectivity index (χ2n) is 3.90. The van der Waals surface area contributed by atoms with Crippen LogP contribution in [0.25, 0.3) is 0 Å². The number of aromatic nitrogens is 2. The van der Waals surface area contributed by atoms with Gasteiger partial charge in [-0.2, -0.15) is 0 Å². The van der Waals surface area contributed by atoms with E-state index >= 15 is 0 Å². The Bertz CT molecular complexity index is 580. The van der Waals surface area contributed by atoms with E-state index in [4.69, 9.17) is 16.3 Å². The van der Waals surface area contributed by atoms with Gasteiger partial charge in [0.05, 0.1) is 12.5 Å². The molecule has 0 amide bonds. The Labute approximate surface area is 114 Å². The highest BCUT2D eigenvalue weighted by atomic mass is 35.5. The second-order valence-corrected chi connectivity index (χ2v) is 4.42. The first-order valence-electron chi connectivity index (χ1n) is 5.54. The largest absolute Gasteiger partial charge is 0.481 e. The van der Waals surface area contributed by atoms with Crippen LogP contribution in [0, 0.1) is 11.6 Å². The third-order valence-electron chi connectivity index (χ3n) is 2.60. The van der Waals surface area contributed by atoms with Gasteiger partial charge in [0.2, 0.25) is 5.88 Å². The summed E-state index contributed by atoms with van der Waals surface area (Å²) in [7, 11) is 1.50. The van der Waals surface area contributed by atoms with Crippen molar-refractivity contribution < 1.29 is 13.5 Å². The zero-order valence-corrected chi connectivity index (χ0v) is 10.9. The van der Waals surface area contributed by atoms with Crippen molar-refractivity contribution in [3.8, 4) is 5.88 Å². The molecule has 0 radical (unpaired) electrons. The number of benzene rings is 1. The summed E-state index contributed by atoms with van der Waals surface area (Å²) in [6.45, 7) is 0. The van der Waals surface area contributed by atoms with Crippen LogP contribution in [-0.2, 0) is 6.42 Å². The van der Waals surface area contributed by atoms with Crippen LogP contribution in [0.4, 0.5) is 8.78 Å². The smallest absolute Gasteiger partial charge is 0.216 e. The van der Waals surface area contributed by atoms with Crippen LogP contribution in [-0.4, -0.2) is 17.1 Å². The highest BCUT2D eigenvalue weighted by Crippen LogP contribution is 2.26. The maximum atomic E-state index is 13.1. The van der Waals surface area contributed by atoms with Gasteiger partial charge in [0, 0.05) is 18.2 Å². The Morgan fingerprint density at radius 1 is 1.21 bits per heavy atom. The van der Waals surface area contributed by atoms with Crippen molar-refractivity contribution in [3.05, 3.63) is 53.5 Å². The number of hydrogen-bond acceptors (Lipinski definition) is 3. The molecule has 1 aromatic carbocycles. The van der Waals surface area contributed by atoms with Gasteiger partial charge in [0.25, 0.3) is 0 Å². The molecule has 3 nitrogen and oxygen atoms in total. The molecule has 0 aliphatic carbocycles. The molecule has 1 atom stereocenters. The molecule has 0 aliphatic heterocycles. The number of halogens is 3. The highest BCUT2D eigenvalue weighted by molar-refractivity contribution is 6.20. The molecule has 1 heterocycles. The SMILES string of the molecule is COc1cc(CC(Cl)c2ccc(F)c(F)c2)ncn1. The maximum Gasteiger partial charge on any atom is 0.216 e. The molecule has 0 saturated heterocycles. The van der Waals surface area contributed by atoms with E-state index in [1.165, 1.54) is 19.5 Å². The Morgan fingerprint density at radius 3 is 2.68 bits per heavy atom. The molecule has 0 bridgehead atoms. The summed E-state index contributed by atoms with van der Waals surface area (Å²) >= 11 is 6.17. The maximum absolute atomic E-state index is 13.1. The molecule has 2 aromatic rings. The minimum absolute atomic E-state index is 0.367. The van der Waals surface area contributed by atoms with Crippen LogP contribution in [0.15, 0.2) is 30.6 Å². The van der Waals surface area contributed by atoms with E-state index in [0.29, 0.717) is 23.6 Å². The van der Waals surface area contributed by atoms with Crippen LogP contribution in [0.3, 0.4) is 0 Å². The Hall–Kier alpha value is -1.75. The summed E-state index contributed by atoms with van der Waals surface area (Å²) in [5.74, 6) is -1.38. The fourth-order valence-corrected chi connectivity index (χ4v) is 1.90. The summed E-state index contributed by atoms with van der Waals surface area (Å²) in [6, 6.07) is 5.25. The lowest BCUT2D eigenvalue weighted by Crippen LogP contribution is -2.01. The van der Waals surface area contributed by atoms with Crippen LogP contribution >= 0.6 is 11.6 Å². The number of methoxy groups -OCH3 is 1. The first-order chi connectivity index (χ1) is 9.10. The van der Waals surface area contributed by atoms with Crippen LogP contribution < -0.4 is 4.74 Å². The third-order valence-corrected chi connectivity index (χ3v) is 3.01. The average molecular weight is 285 g/mol. The lowest BCUT2D eigenvalue weighted by Gasteiger charge is -2.10. The van der Waals surface area contributed by atoms with Crippen molar-refractivity contribution in [2.75, 3.05) is 7.11 Å². The van der Waals surface area contributed by atoms with Gasteiger partial charge in [-0.05, 0) is 17.7 Å². The number of rotatable bonds is 4. The lowest BCUT2D eigenvalue weighted by molar-refractivity contribution is 0.396. The minimum atomic E-state index is -0.914. The summed E-state index contributed by atoms with van der Waals surface area (Å²) in [4.78, 5) is 7.93. The number of alkyl halides is 1. The van der Waals surface area contributed by atoms with Crippen molar-refractivity contribution in [1.29, 1.82) is 0 Å². The van der Waals surface area contributed by atoms with Crippen molar-refractivity contribution in [2.45, 2.75) is 11.8 Å². The summed E-state index contributed by atoms with van der Waals surface area (Å²) in [6.07, 6.45) is 1.73. The minimum Gasteiger partial charge on any atom is -0.481 e. The Balaban J connectivity index is 2.15. The number of nitrogens with zero attached hydrogens (tertiary/aromatic N) is 2. The predicted molar refractivity (Wildman–Crippen MR) is 67.2 cm³/mol. The molecule has 1 aromatic heterocycles. The summed E-state index contributed by atoms with van der Waals surface area (Å²) < 4.78 is 30.9. The molecule has 6 heteroatoms. The normalized spacial score (nSPS) is 12.2. The molecule has 0 spiro atoms. The highest BCUT2D eigenvalue weighted by Gasteiger charge is 2.13. The van der Waals surface area contributed by atoms with Gasteiger partial charge in [0.1, 0.15) is 6.33 Å². The number of ether oxygens (including phenoxy) is 1. The molecule has 0 N–H and O–H groups in total. The molecule has 0 fully saturated rings. The zero-order chi connectivity index (χ0) is 13.8. The van der Waals surface area contributed by atoms with E-state index in [1.54, 1.807) is 6.07 Å². The summed E-state index contributed by atoms with van der Waals surface area (Å²) in [5, 5.41) is -0.505. The van der Waals surface area contributed by atoms with Gasteiger partial charge in [-0.1, -0.05) is 6.07 Å². The topological polar surface area (TPSA) is 35.0 Å². The molecule has 19 heavy (non-hydrogen) atoms. The van der Waals surface area contributed by atoms with Gasteiger partial charge in [-0.3, -0.25) is 0 Å². The molecular formula is C13H11ClF2N2O. The Kier molecular flexibility index (Phi) is 4.27. The van der Waals surface area contributed by atoms with E-state index in [9.17, 15) is 8.78 Å². The van der Waals surface area contributed by atoms with E-state index in [-0.39, 0.29) is 0 Å². The van der Waals surface area contributed by atoms with Crippen LogP contribution in [0.1, 0.15) is 16.6 Å². The lowest BCUT2D eigenvalue weighted by atomic mass is 10.1. The first-order valence-corrected chi connectivity index (χ1v) is 5.97. The van der Waals surface area contributed by atoms with Crippen molar-refractivity contribution in [2.24, 2.45) is 0 Å². The van der Waals surface area contributed by atoms with Gasteiger partial charge >= 0.3 is 0 Å². The molecular weight excluding hydrogens is 274 g/mol. The van der Waals surface area contributed by atoms with Crippen molar-refractivity contribution >= 4 is 11.6 Å². The van der Waals surface area contributed by atoms with Gasteiger partial charge in [0.15, 0.2) is 11.6 Å². The zero-order valence-electron chi connectivity index (χ0n) is 10.1. The standard InChI is InChI=1S/C13H11ClF2N2O/c1-19-13-6-9(17-7-18-13)5-10(14)8-2-3-11(15)12(16)4-8/h2-4,6-7,10H,5H2,1H3. The van der Waals surface area contributed by atoms with E-state index in [1.807, 2.05) is 0 Å². The fourth-order valence-electron chi connectivity index (χ4n) is 1.61. The molecule has 0 saturated carbocycles. The quantitative estimate of drug-likeness (QED) is 0.808. The van der Waals surface area contributed by atoms with Crippen molar-refractivity contribution in [3.63, 3.8) is 0 Å². The number of hydrogen-bond donors (Lipinski definition) is 0. The fraction of sp³-hybridized carbons (Fsp3) is 0.231. The van der Waals surface area contributed by atoms with E-state index in [2.05, 4.69) is 9.97 Å².